The van der Waals surface area contributed by atoms with E-state index in [1.54, 1.807) is 21.9 Å². The summed E-state index contributed by atoms with van der Waals surface area (Å²) in [6.07, 6.45) is 3.06. The van der Waals surface area contributed by atoms with E-state index in [1.165, 1.54) is 6.20 Å². The zero-order valence-corrected chi connectivity index (χ0v) is 12.3. The van der Waals surface area contributed by atoms with Crippen LogP contribution in [0.1, 0.15) is 18.4 Å². The number of aromatic nitrogens is 1. The number of nitrogens with zero attached hydrogens (tertiary/aromatic N) is 5. The fourth-order valence-corrected chi connectivity index (χ4v) is 2.52. The summed E-state index contributed by atoms with van der Waals surface area (Å²) < 4.78 is 0. The molecule has 0 saturated carbocycles. The molecule has 7 nitrogen and oxygen atoms in total. The van der Waals surface area contributed by atoms with Gasteiger partial charge in [-0.25, -0.2) is 4.98 Å². The van der Waals surface area contributed by atoms with Crippen LogP contribution >= 0.6 is 0 Å². The maximum Gasteiger partial charge on any atom is 0.243 e. The molecule has 22 heavy (non-hydrogen) atoms. The number of pyridine rings is 1. The van der Waals surface area contributed by atoms with Crippen molar-refractivity contribution in [2.45, 2.75) is 18.9 Å². The van der Waals surface area contributed by atoms with E-state index in [-0.39, 0.29) is 18.5 Å². The fourth-order valence-electron chi connectivity index (χ4n) is 2.52. The SMILES string of the molecule is N#Cc1ccc(N(CCN)CC(=O)N2CCC[C@H]2C#N)nc1. The van der Waals surface area contributed by atoms with Gasteiger partial charge in [0, 0.05) is 25.8 Å². The van der Waals surface area contributed by atoms with Gasteiger partial charge in [-0.15, -0.1) is 0 Å². The third kappa shape index (κ3) is 3.51. The Labute approximate surface area is 129 Å². The molecule has 0 unspecified atom stereocenters. The first-order valence-electron chi connectivity index (χ1n) is 7.20. The molecule has 1 fully saturated rings. The standard InChI is InChI=1S/C15H18N6O/c16-5-7-20(14-4-3-12(8-17)10-19-14)11-15(22)21-6-1-2-13(21)9-18/h3-4,10,13H,1-2,5-7,11,16H2/t13-/m0/s1. The highest BCUT2D eigenvalue weighted by atomic mass is 16.2. The zero-order chi connectivity index (χ0) is 15.9. The van der Waals surface area contributed by atoms with Crippen LogP contribution in [0.2, 0.25) is 0 Å². The van der Waals surface area contributed by atoms with Crippen molar-refractivity contribution in [2.75, 3.05) is 31.1 Å². The van der Waals surface area contributed by atoms with Crippen LogP contribution in [0.25, 0.3) is 0 Å². The molecule has 7 heteroatoms. The van der Waals surface area contributed by atoms with Gasteiger partial charge in [0.15, 0.2) is 0 Å². The Balaban J connectivity index is 2.09. The lowest BCUT2D eigenvalue weighted by Crippen LogP contribution is -2.44. The van der Waals surface area contributed by atoms with E-state index in [4.69, 9.17) is 16.3 Å². The fraction of sp³-hybridized carbons (Fsp3) is 0.467. The van der Waals surface area contributed by atoms with Crippen molar-refractivity contribution in [1.82, 2.24) is 9.88 Å². The van der Waals surface area contributed by atoms with Gasteiger partial charge in [0.1, 0.15) is 17.9 Å². The number of hydrogen-bond donors (Lipinski definition) is 1. The molecule has 0 aliphatic carbocycles. The van der Waals surface area contributed by atoms with Crippen LogP contribution in [0.4, 0.5) is 5.82 Å². The largest absolute Gasteiger partial charge is 0.346 e. The zero-order valence-electron chi connectivity index (χ0n) is 12.3. The lowest BCUT2D eigenvalue weighted by Gasteiger charge is -2.26. The number of anilines is 1. The molecule has 2 heterocycles. The van der Waals surface area contributed by atoms with Gasteiger partial charge in [-0.2, -0.15) is 10.5 Å². The molecule has 114 valence electrons. The monoisotopic (exact) mass is 298 g/mol. The molecule has 2 N–H and O–H groups in total. The molecule has 1 aromatic heterocycles. The van der Waals surface area contributed by atoms with E-state index in [2.05, 4.69) is 11.1 Å². The lowest BCUT2D eigenvalue weighted by atomic mass is 10.2. The number of hydrogen-bond acceptors (Lipinski definition) is 6. The van der Waals surface area contributed by atoms with Crippen LogP contribution in [0.5, 0.6) is 0 Å². The predicted octanol–water partition coefficient (Wildman–Crippen LogP) is 0.233. The van der Waals surface area contributed by atoms with E-state index in [1.807, 2.05) is 6.07 Å². The van der Waals surface area contributed by atoms with Crippen LogP contribution in [-0.2, 0) is 4.79 Å². The summed E-state index contributed by atoms with van der Waals surface area (Å²) in [5.74, 6) is 0.508. The summed E-state index contributed by atoms with van der Waals surface area (Å²) >= 11 is 0. The minimum atomic E-state index is -0.332. The minimum Gasteiger partial charge on any atom is -0.346 e. The van der Waals surface area contributed by atoms with Crippen molar-refractivity contribution in [3.63, 3.8) is 0 Å². The number of nitrogens with two attached hydrogens (primary N) is 1. The minimum absolute atomic E-state index is 0.0938. The van der Waals surface area contributed by atoms with E-state index >= 15 is 0 Å². The normalized spacial score (nSPS) is 16.9. The van der Waals surface area contributed by atoms with Crippen molar-refractivity contribution in [3.05, 3.63) is 23.9 Å². The first-order chi connectivity index (χ1) is 10.7. The second-order valence-electron chi connectivity index (χ2n) is 5.10. The van der Waals surface area contributed by atoms with Gasteiger partial charge in [-0.05, 0) is 25.0 Å². The topological polar surface area (TPSA) is 110 Å². The summed E-state index contributed by atoms with van der Waals surface area (Å²) in [5, 5.41) is 17.9. The number of carbonyl (C=O) groups is 1. The molecular formula is C15H18N6O. The Hall–Kier alpha value is -2.64. The summed E-state index contributed by atoms with van der Waals surface area (Å²) in [7, 11) is 0. The molecular weight excluding hydrogens is 280 g/mol. The van der Waals surface area contributed by atoms with Crippen molar-refractivity contribution in [1.29, 1.82) is 10.5 Å². The van der Waals surface area contributed by atoms with E-state index in [9.17, 15) is 4.79 Å². The Morgan fingerprint density at radius 2 is 2.32 bits per heavy atom. The van der Waals surface area contributed by atoms with Gasteiger partial charge < -0.3 is 15.5 Å². The molecule has 2 rings (SSSR count). The molecule has 1 saturated heterocycles. The van der Waals surface area contributed by atoms with Crippen molar-refractivity contribution in [2.24, 2.45) is 5.73 Å². The van der Waals surface area contributed by atoms with Gasteiger partial charge in [0.25, 0.3) is 0 Å². The van der Waals surface area contributed by atoms with Gasteiger partial charge >= 0.3 is 0 Å². The van der Waals surface area contributed by atoms with Gasteiger partial charge in [-0.1, -0.05) is 0 Å². The smallest absolute Gasteiger partial charge is 0.243 e. The second-order valence-corrected chi connectivity index (χ2v) is 5.10. The second kappa shape index (κ2) is 7.39. The Kier molecular flexibility index (Phi) is 5.29. The first kappa shape index (κ1) is 15.7. The van der Waals surface area contributed by atoms with Gasteiger partial charge in [0.2, 0.25) is 5.91 Å². The van der Waals surface area contributed by atoms with Crippen LogP contribution < -0.4 is 10.6 Å². The molecule has 0 radical (unpaired) electrons. The van der Waals surface area contributed by atoms with Gasteiger partial charge in [-0.3, -0.25) is 4.79 Å². The third-order valence-corrected chi connectivity index (χ3v) is 3.65. The first-order valence-corrected chi connectivity index (χ1v) is 7.20. The summed E-state index contributed by atoms with van der Waals surface area (Å²) in [5.41, 5.74) is 6.07. The molecule has 1 atom stereocenters. The highest BCUT2D eigenvalue weighted by molar-refractivity contribution is 5.82. The average Bonchev–Trinajstić information content (AvgIpc) is 3.03. The van der Waals surface area contributed by atoms with Crippen molar-refractivity contribution < 1.29 is 4.79 Å². The van der Waals surface area contributed by atoms with Crippen molar-refractivity contribution >= 4 is 11.7 Å². The van der Waals surface area contributed by atoms with Crippen LogP contribution in [0.15, 0.2) is 18.3 Å². The average molecular weight is 298 g/mol. The van der Waals surface area contributed by atoms with Crippen LogP contribution in [0, 0.1) is 22.7 Å². The number of carbonyl (C=O) groups excluding carboxylic acids is 1. The number of amides is 1. The summed E-state index contributed by atoms with van der Waals surface area (Å²) in [6, 6.07) is 7.20. The molecule has 0 spiro atoms. The quantitative estimate of drug-likeness (QED) is 0.833. The molecule has 1 aliphatic heterocycles. The maximum absolute atomic E-state index is 12.4. The number of rotatable bonds is 5. The summed E-state index contributed by atoms with van der Waals surface area (Å²) in [6.45, 7) is 1.62. The maximum atomic E-state index is 12.4. The van der Waals surface area contributed by atoms with Gasteiger partial charge in [0.05, 0.1) is 18.2 Å². The molecule has 1 aromatic rings. The molecule has 1 aliphatic rings. The lowest BCUT2D eigenvalue weighted by molar-refractivity contribution is -0.129. The summed E-state index contributed by atoms with van der Waals surface area (Å²) in [4.78, 5) is 20.0. The van der Waals surface area contributed by atoms with Crippen LogP contribution in [-0.4, -0.2) is 48.0 Å². The Bertz CT molecular complexity index is 600. The highest BCUT2D eigenvalue weighted by Gasteiger charge is 2.29. The molecule has 0 bridgehead atoms. The Morgan fingerprint density at radius 3 is 2.91 bits per heavy atom. The van der Waals surface area contributed by atoms with E-state index in [0.717, 1.165) is 12.8 Å². The van der Waals surface area contributed by atoms with Crippen molar-refractivity contribution in [3.8, 4) is 12.1 Å². The predicted molar refractivity (Wildman–Crippen MR) is 80.6 cm³/mol. The Morgan fingerprint density at radius 1 is 1.50 bits per heavy atom. The molecule has 0 aromatic carbocycles. The van der Waals surface area contributed by atoms with E-state index in [0.29, 0.717) is 31.0 Å². The molecule has 1 amide bonds. The highest BCUT2D eigenvalue weighted by Crippen LogP contribution is 2.18. The number of likely N-dealkylation sites (tertiary alicyclic amines) is 1. The number of nitriles is 2. The van der Waals surface area contributed by atoms with E-state index < -0.39 is 0 Å². The van der Waals surface area contributed by atoms with Crippen LogP contribution in [0.3, 0.4) is 0 Å². The third-order valence-electron chi connectivity index (χ3n) is 3.65.